The minimum absolute atomic E-state index is 0.0590. The molecular weight excluding hydrogens is 424 g/mol. The molecule has 0 heterocycles. The number of hydrogen-bond acceptors (Lipinski definition) is 4. The van der Waals surface area contributed by atoms with Crippen molar-refractivity contribution < 1.29 is 14.3 Å². The van der Waals surface area contributed by atoms with E-state index in [1.807, 2.05) is 62.4 Å². The Morgan fingerprint density at radius 2 is 1.75 bits per heavy atom. The van der Waals surface area contributed by atoms with Crippen LogP contribution in [0.25, 0.3) is 6.08 Å². The second-order valence-electron chi connectivity index (χ2n) is 7.13. The number of benzene rings is 3. The average molecular weight is 447 g/mol. The fourth-order valence-corrected chi connectivity index (χ4v) is 3.10. The van der Waals surface area contributed by atoms with Gasteiger partial charge in [-0.05, 0) is 61.9 Å². The van der Waals surface area contributed by atoms with E-state index < -0.39 is 5.91 Å². The molecule has 0 unspecified atom stereocenters. The molecule has 6 heteroatoms. The fraction of sp³-hybridized carbons (Fsp3) is 0.154. The molecule has 3 aromatic carbocycles. The molecule has 3 aromatic rings. The highest BCUT2D eigenvalue weighted by atomic mass is 35.5. The monoisotopic (exact) mass is 446 g/mol. The molecule has 0 radical (unpaired) electrons. The van der Waals surface area contributed by atoms with Gasteiger partial charge in [-0.1, -0.05) is 47.5 Å². The molecule has 0 aliphatic carbocycles. The van der Waals surface area contributed by atoms with Gasteiger partial charge in [0.15, 0.2) is 0 Å². The van der Waals surface area contributed by atoms with Gasteiger partial charge in [0.2, 0.25) is 0 Å². The lowest BCUT2D eigenvalue weighted by Gasteiger charge is -2.12. The van der Waals surface area contributed by atoms with Gasteiger partial charge in [0.05, 0.1) is 0 Å². The van der Waals surface area contributed by atoms with E-state index in [1.54, 1.807) is 24.3 Å². The SMILES string of the molecule is Cc1ccc(OCCOc2ccc(Cl)cc2/C=C(\C#N)C(=O)Nc2ccccc2C)cc1. The number of carbonyl (C=O) groups is 1. The zero-order chi connectivity index (χ0) is 22.9. The van der Waals surface area contributed by atoms with E-state index in [2.05, 4.69) is 5.32 Å². The molecule has 0 bridgehead atoms. The number of halogens is 1. The van der Waals surface area contributed by atoms with E-state index in [0.717, 1.165) is 16.9 Å². The van der Waals surface area contributed by atoms with Gasteiger partial charge in [0.1, 0.15) is 36.4 Å². The van der Waals surface area contributed by atoms with Crippen molar-refractivity contribution >= 4 is 29.3 Å². The summed E-state index contributed by atoms with van der Waals surface area (Å²) in [5.41, 5.74) is 3.18. The number of amides is 1. The smallest absolute Gasteiger partial charge is 0.266 e. The number of para-hydroxylation sites is 1. The highest BCUT2D eigenvalue weighted by Crippen LogP contribution is 2.26. The highest BCUT2D eigenvalue weighted by Gasteiger charge is 2.13. The van der Waals surface area contributed by atoms with Gasteiger partial charge in [-0.2, -0.15) is 5.26 Å². The first-order valence-electron chi connectivity index (χ1n) is 10.1. The molecule has 0 atom stereocenters. The summed E-state index contributed by atoms with van der Waals surface area (Å²) in [6, 6.07) is 22.1. The van der Waals surface area contributed by atoms with Crippen molar-refractivity contribution in [3.63, 3.8) is 0 Å². The fourth-order valence-electron chi connectivity index (χ4n) is 2.92. The lowest BCUT2D eigenvalue weighted by molar-refractivity contribution is -0.112. The lowest BCUT2D eigenvalue weighted by Crippen LogP contribution is -2.14. The van der Waals surface area contributed by atoms with Crippen LogP contribution in [-0.2, 0) is 4.79 Å². The summed E-state index contributed by atoms with van der Waals surface area (Å²) >= 11 is 6.13. The quantitative estimate of drug-likeness (QED) is 0.263. The van der Waals surface area contributed by atoms with E-state index in [1.165, 1.54) is 6.08 Å². The Kier molecular flexibility index (Phi) is 7.91. The third-order valence-corrected chi connectivity index (χ3v) is 4.90. The van der Waals surface area contributed by atoms with Crippen LogP contribution < -0.4 is 14.8 Å². The molecular formula is C26H23ClN2O3. The second kappa shape index (κ2) is 11.0. The number of ether oxygens (including phenoxy) is 2. The van der Waals surface area contributed by atoms with E-state index in [-0.39, 0.29) is 12.2 Å². The van der Waals surface area contributed by atoms with Crippen LogP contribution in [0.5, 0.6) is 11.5 Å². The Labute approximate surface area is 192 Å². The van der Waals surface area contributed by atoms with Gasteiger partial charge in [0, 0.05) is 16.3 Å². The maximum Gasteiger partial charge on any atom is 0.266 e. The molecule has 0 aliphatic rings. The van der Waals surface area contributed by atoms with Crippen molar-refractivity contribution in [2.24, 2.45) is 0 Å². The standard InChI is InChI=1S/C26H23ClN2O3/c1-18-7-10-23(11-8-18)31-13-14-32-25-12-9-22(27)16-20(25)15-21(17-28)26(30)29-24-6-4-3-5-19(24)2/h3-12,15-16H,13-14H2,1-2H3,(H,29,30)/b21-15+. The summed E-state index contributed by atoms with van der Waals surface area (Å²) in [4.78, 5) is 12.6. The van der Waals surface area contributed by atoms with Crippen LogP contribution in [0.2, 0.25) is 5.02 Å². The van der Waals surface area contributed by atoms with Crippen LogP contribution >= 0.6 is 11.6 Å². The normalized spacial score (nSPS) is 10.9. The zero-order valence-electron chi connectivity index (χ0n) is 17.9. The number of nitriles is 1. The molecule has 0 fully saturated rings. The molecule has 162 valence electrons. The van der Waals surface area contributed by atoms with Crippen LogP contribution in [0.15, 0.2) is 72.3 Å². The average Bonchev–Trinajstić information content (AvgIpc) is 2.78. The van der Waals surface area contributed by atoms with Crippen molar-refractivity contribution in [3.05, 3.63) is 94.0 Å². The van der Waals surface area contributed by atoms with Crippen LogP contribution in [0.3, 0.4) is 0 Å². The predicted octanol–water partition coefficient (Wildman–Crippen LogP) is 5.96. The van der Waals surface area contributed by atoms with Crippen molar-refractivity contribution in [1.82, 2.24) is 0 Å². The number of carbonyl (C=O) groups excluding carboxylic acids is 1. The highest BCUT2D eigenvalue weighted by molar-refractivity contribution is 6.30. The number of anilines is 1. The summed E-state index contributed by atoms with van der Waals surface area (Å²) in [6.45, 7) is 4.52. The van der Waals surface area contributed by atoms with Gasteiger partial charge in [0.25, 0.3) is 5.91 Å². The largest absolute Gasteiger partial charge is 0.490 e. The van der Waals surface area contributed by atoms with Crippen LogP contribution in [-0.4, -0.2) is 19.1 Å². The number of nitrogens with one attached hydrogen (secondary N) is 1. The number of aryl methyl sites for hydroxylation is 2. The first kappa shape index (κ1) is 22.9. The van der Waals surface area contributed by atoms with E-state index >= 15 is 0 Å². The van der Waals surface area contributed by atoms with Crippen LogP contribution in [0, 0.1) is 25.2 Å². The van der Waals surface area contributed by atoms with Crippen molar-refractivity contribution in [1.29, 1.82) is 5.26 Å². The van der Waals surface area contributed by atoms with E-state index in [0.29, 0.717) is 28.6 Å². The van der Waals surface area contributed by atoms with Gasteiger partial charge >= 0.3 is 0 Å². The number of nitrogens with zero attached hydrogens (tertiary/aromatic N) is 1. The zero-order valence-corrected chi connectivity index (χ0v) is 18.6. The van der Waals surface area contributed by atoms with Crippen molar-refractivity contribution in [3.8, 4) is 17.6 Å². The third-order valence-electron chi connectivity index (χ3n) is 4.66. The molecule has 1 N–H and O–H groups in total. The van der Waals surface area contributed by atoms with Crippen LogP contribution in [0.1, 0.15) is 16.7 Å². The Morgan fingerprint density at radius 3 is 2.47 bits per heavy atom. The molecule has 0 aromatic heterocycles. The summed E-state index contributed by atoms with van der Waals surface area (Å²) in [6.07, 6.45) is 1.47. The molecule has 3 rings (SSSR count). The summed E-state index contributed by atoms with van der Waals surface area (Å²) in [7, 11) is 0. The Hall–Kier alpha value is -3.75. The second-order valence-corrected chi connectivity index (χ2v) is 7.57. The van der Waals surface area contributed by atoms with Gasteiger partial charge in [-0.3, -0.25) is 4.79 Å². The molecule has 0 saturated carbocycles. The molecule has 32 heavy (non-hydrogen) atoms. The molecule has 0 aliphatic heterocycles. The Bertz CT molecular complexity index is 1160. The maximum absolute atomic E-state index is 12.6. The summed E-state index contributed by atoms with van der Waals surface area (Å²) in [5.74, 6) is 0.754. The lowest BCUT2D eigenvalue weighted by atomic mass is 10.1. The first-order valence-corrected chi connectivity index (χ1v) is 10.4. The Balaban J connectivity index is 1.70. The van der Waals surface area contributed by atoms with E-state index in [4.69, 9.17) is 21.1 Å². The van der Waals surface area contributed by atoms with E-state index in [9.17, 15) is 10.1 Å². The molecule has 0 saturated heterocycles. The summed E-state index contributed by atoms with van der Waals surface area (Å²) in [5, 5.41) is 12.8. The van der Waals surface area contributed by atoms with Gasteiger partial charge in [-0.25, -0.2) is 0 Å². The van der Waals surface area contributed by atoms with Crippen molar-refractivity contribution in [2.45, 2.75) is 13.8 Å². The molecule has 0 spiro atoms. The maximum atomic E-state index is 12.6. The first-order chi connectivity index (χ1) is 15.5. The number of hydrogen-bond donors (Lipinski definition) is 1. The molecule has 1 amide bonds. The Morgan fingerprint density at radius 1 is 1.03 bits per heavy atom. The van der Waals surface area contributed by atoms with Gasteiger partial charge < -0.3 is 14.8 Å². The number of rotatable bonds is 8. The molecule has 5 nitrogen and oxygen atoms in total. The van der Waals surface area contributed by atoms with Crippen LogP contribution in [0.4, 0.5) is 5.69 Å². The topological polar surface area (TPSA) is 71.3 Å². The summed E-state index contributed by atoms with van der Waals surface area (Å²) < 4.78 is 11.5. The van der Waals surface area contributed by atoms with Crippen molar-refractivity contribution in [2.75, 3.05) is 18.5 Å². The predicted molar refractivity (Wildman–Crippen MR) is 127 cm³/mol. The minimum Gasteiger partial charge on any atom is -0.490 e. The van der Waals surface area contributed by atoms with Gasteiger partial charge in [-0.15, -0.1) is 0 Å². The third kappa shape index (κ3) is 6.37. The minimum atomic E-state index is -0.504.